The van der Waals surface area contributed by atoms with Gasteiger partial charge in [0.25, 0.3) is 0 Å². The molecule has 0 unspecified atom stereocenters. The van der Waals surface area contributed by atoms with Gasteiger partial charge >= 0.3 is 0 Å². The molecule has 1 heterocycles. The molecule has 0 atom stereocenters. The van der Waals surface area contributed by atoms with E-state index in [0.717, 1.165) is 6.42 Å². The van der Waals surface area contributed by atoms with Gasteiger partial charge in [-0.1, -0.05) is 38.1 Å². The van der Waals surface area contributed by atoms with Crippen LogP contribution in [0.1, 0.15) is 31.4 Å². The summed E-state index contributed by atoms with van der Waals surface area (Å²) >= 11 is 0. The monoisotopic (exact) mass is 261 g/mol. The van der Waals surface area contributed by atoms with Crippen molar-refractivity contribution in [3.8, 4) is 0 Å². The number of carbonyl (C=O) groups excluding carboxylic acids is 1. The highest BCUT2D eigenvalue weighted by Crippen LogP contribution is 2.29. The second-order valence-corrected chi connectivity index (χ2v) is 5.93. The van der Waals surface area contributed by atoms with Gasteiger partial charge < -0.3 is 10.0 Å². The molecule has 3 nitrogen and oxygen atoms in total. The molecule has 104 valence electrons. The van der Waals surface area contributed by atoms with Gasteiger partial charge in [-0.2, -0.15) is 0 Å². The van der Waals surface area contributed by atoms with Crippen LogP contribution in [0.25, 0.3) is 0 Å². The minimum atomic E-state index is -0.668. The highest BCUT2D eigenvalue weighted by molar-refractivity contribution is 5.77. The molecule has 0 aliphatic carbocycles. The molecule has 1 N–H and O–H groups in total. The first-order valence-electron chi connectivity index (χ1n) is 6.97. The van der Waals surface area contributed by atoms with Crippen molar-refractivity contribution in [1.29, 1.82) is 0 Å². The summed E-state index contributed by atoms with van der Waals surface area (Å²) in [5.74, 6) is 0.349. The molecule has 1 fully saturated rings. The number of aliphatic hydroxyl groups is 1. The normalized spacial score (nSPS) is 17.4. The van der Waals surface area contributed by atoms with Gasteiger partial charge in [0.1, 0.15) is 5.60 Å². The van der Waals surface area contributed by atoms with Gasteiger partial charge in [0.2, 0.25) is 5.91 Å². The van der Waals surface area contributed by atoms with E-state index >= 15 is 0 Å². The summed E-state index contributed by atoms with van der Waals surface area (Å²) in [7, 11) is 0. The zero-order valence-corrected chi connectivity index (χ0v) is 12.0. The van der Waals surface area contributed by atoms with Crippen LogP contribution in [0, 0.1) is 12.8 Å². The van der Waals surface area contributed by atoms with Crippen LogP contribution in [0.15, 0.2) is 24.3 Å². The predicted molar refractivity (Wildman–Crippen MR) is 75.9 cm³/mol. The Bertz CT molecular complexity index is 462. The second-order valence-electron chi connectivity index (χ2n) is 5.93. The molecular weight excluding hydrogens is 238 g/mol. The summed E-state index contributed by atoms with van der Waals surface area (Å²) in [6.45, 7) is 7.03. The third-order valence-electron chi connectivity index (χ3n) is 4.23. The SMILES string of the molecule is Cc1ccccc1CCC(=O)N1CC(O)(C(C)C)C1. The molecular formula is C16H23NO2. The quantitative estimate of drug-likeness (QED) is 0.902. The van der Waals surface area contributed by atoms with E-state index in [4.69, 9.17) is 0 Å². The minimum Gasteiger partial charge on any atom is -0.386 e. The number of β-amino-alcohol motifs (C(OH)–C–C–N with tert-alkyl or cyclic N) is 1. The standard InChI is InChI=1S/C16H23NO2/c1-12(2)16(19)10-17(11-16)15(18)9-8-14-7-5-4-6-13(14)3/h4-7,12,19H,8-11H2,1-3H3. The average molecular weight is 261 g/mol. The van der Waals surface area contributed by atoms with Crippen molar-refractivity contribution in [1.82, 2.24) is 4.90 Å². The van der Waals surface area contributed by atoms with Crippen LogP contribution in [-0.2, 0) is 11.2 Å². The van der Waals surface area contributed by atoms with E-state index in [2.05, 4.69) is 19.1 Å². The Morgan fingerprint density at radius 3 is 2.58 bits per heavy atom. The topological polar surface area (TPSA) is 40.5 Å². The van der Waals surface area contributed by atoms with Crippen LogP contribution in [0.3, 0.4) is 0 Å². The molecule has 1 aromatic carbocycles. The number of aryl methyl sites for hydroxylation is 2. The highest BCUT2D eigenvalue weighted by Gasteiger charge is 2.45. The van der Waals surface area contributed by atoms with Crippen molar-refractivity contribution >= 4 is 5.91 Å². The lowest BCUT2D eigenvalue weighted by atomic mass is 9.83. The van der Waals surface area contributed by atoms with Crippen molar-refractivity contribution in [2.75, 3.05) is 13.1 Å². The van der Waals surface area contributed by atoms with Gasteiger partial charge in [0.05, 0.1) is 13.1 Å². The van der Waals surface area contributed by atoms with E-state index in [0.29, 0.717) is 19.5 Å². The number of hydrogen-bond acceptors (Lipinski definition) is 2. The fourth-order valence-electron chi connectivity index (χ4n) is 2.45. The predicted octanol–water partition coefficient (Wildman–Crippen LogP) is 2.16. The maximum atomic E-state index is 12.0. The van der Waals surface area contributed by atoms with Crippen molar-refractivity contribution in [3.63, 3.8) is 0 Å². The van der Waals surface area contributed by atoms with Crippen molar-refractivity contribution in [2.24, 2.45) is 5.92 Å². The summed E-state index contributed by atoms with van der Waals surface area (Å²) in [4.78, 5) is 13.8. The van der Waals surface area contributed by atoms with Crippen molar-refractivity contribution < 1.29 is 9.90 Å². The maximum absolute atomic E-state index is 12.0. The summed E-state index contributed by atoms with van der Waals surface area (Å²) < 4.78 is 0. The van der Waals surface area contributed by atoms with E-state index in [9.17, 15) is 9.90 Å². The number of likely N-dealkylation sites (tertiary alicyclic amines) is 1. The van der Waals surface area contributed by atoms with Crippen molar-refractivity contribution in [3.05, 3.63) is 35.4 Å². The maximum Gasteiger partial charge on any atom is 0.223 e. The molecule has 0 spiro atoms. The van der Waals surface area contributed by atoms with E-state index in [-0.39, 0.29) is 11.8 Å². The Morgan fingerprint density at radius 2 is 2.00 bits per heavy atom. The first-order valence-corrected chi connectivity index (χ1v) is 6.97. The van der Waals surface area contributed by atoms with E-state index in [1.807, 2.05) is 26.0 Å². The number of amides is 1. The average Bonchev–Trinajstić information content (AvgIpc) is 2.33. The molecule has 0 saturated carbocycles. The van der Waals surface area contributed by atoms with Gasteiger partial charge in [-0.15, -0.1) is 0 Å². The Labute approximate surface area is 115 Å². The summed E-state index contributed by atoms with van der Waals surface area (Å²) in [5.41, 5.74) is 1.80. The largest absolute Gasteiger partial charge is 0.386 e. The van der Waals surface area contributed by atoms with Gasteiger partial charge in [-0.05, 0) is 30.4 Å². The summed E-state index contributed by atoms with van der Waals surface area (Å²) in [5, 5.41) is 10.1. The molecule has 2 rings (SSSR count). The lowest BCUT2D eigenvalue weighted by Crippen LogP contribution is -2.66. The van der Waals surface area contributed by atoms with Gasteiger partial charge in [0.15, 0.2) is 0 Å². The van der Waals surface area contributed by atoms with Crippen molar-refractivity contribution in [2.45, 2.75) is 39.2 Å². The van der Waals surface area contributed by atoms with Gasteiger partial charge in [-0.25, -0.2) is 0 Å². The van der Waals surface area contributed by atoms with Crippen LogP contribution in [0.4, 0.5) is 0 Å². The Kier molecular flexibility index (Phi) is 3.95. The molecule has 1 aliphatic rings. The number of nitrogens with zero attached hydrogens (tertiary/aromatic N) is 1. The minimum absolute atomic E-state index is 0.147. The van der Waals surface area contributed by atoms with E-state index in [1.54, 1.807) is 4.90 Å². The molecule has 1 amide bonds. The molecule has 3 heteroatoms. The third-order valence-corrected chi connectivity index (χ3v) is 4.23. The van der Waals surface area contributed by atoms with Crippen LogP contribution in [0.5, 0.6) is 0 Å². The van der Waals surface area contributed by atoms with Crippen LogP contribution in [0.2, 0.25) is 0 Å². The van der Waals surface area contributed by atoms with Crippen LogP contribution >= 0.6 is 0 Å². The Balaban J connectivity index is 1.83. The Morgan fingerprint density at radius 1 is 1.37 bits per heavy atom. The molecule has 0 aromatic heterocycles. The van der Waals surface area contributed by atoms with E-state index < -0.39 is 5.60 Å². The van der Waals surface area contributed by atoms with Crippen LogP contribution < -0.4 is 0 Å². The number of benzene rings is 1. The number of rotatable bonds is 4. The van der Waals surface area contributed by atoms with Crippen LogP contribution in [-0.4, -0.2) is 34.6 Å². The molecule has 1 saturated heterocycles. The zero-order valence-electron chi connectivity index (χ0n) is 12.0. The molecule has 19 heavy (non-hydrogen) atoms. The Hall–Kier alpha value is -1.35. The lowest BCUT2D eigenvalue weighted by Gasteiger charge is -2.49. The van der Waals surface area contributed by atoms with Gasteiger partial charge in [-0.3, -0.25) is 4.79 Å². The third kappa shape index (κ3) is 2.98. The first-order chi connectivity index (χ1) is 8.92. The number of carbonyl (C=O) groups is 1. The first kappa shape index (κ1) is 14.1. The van der Waals surface area contributed by atoms with E-state index in [1.165, 1.54) is 11.1 Å². The molecule has 0 bridgehead atoms. The smallest absolute Gasteiger partial charge is 0.223 e. The second kappa shape index (κ2) is 5.33. The lowest BCUT2D eigenvalue weighted by molar-refractivity contribution is -0.163. The molecule has 0 radical (unpaired) electrons. The zero-order chi connectivity index (χ0) is 14.0. The summed E-state index contributed by atoms with van der Waals surface area (Å²) in [6, 6.07) is 8.16. The summed E-state index contributed by atoms with van der Waals surface area (Å²) in [6.07, 6.45) is 1.31. The number of hydrogen-bond donors (Lipinski definition) is 1. The fourth-order valence-corrected chi connectivity index (χ4v) is 2.45. The molecule has 1 aromatic rings. The van der Waals surface area contributed by atoms with Gasteiger partial charge in [0, 0.05) is 6.42 Å². The fraction of sp³-hybridized carbons (Fsp3) is 0.562. The highest BCUT2D eigenvalue weighted by atomic mass is 16.3. The molecule has 1 aliphatic heterocycles.